The molecule has 5 nitrogen and oxygen atoms in total. The van der Waals surface area contributed by atoms with Gasteiger partial charge in [-0.1, -0.05) is 13.8 Å². The van der Waals surface area contributed by atoms with Crippen molar-refractivity contribution in [2.24, 2.45) is 0 Å². The molecule has 0 aliphatic carbocycles. The molecule has 0 aromatic carbocycles. The minimum atomic E-state index is 0.129. The molecule has 1 aromatic rings. The van der Waals surface area contributed by atoms with Crippen molar-refractivity contribution >= 4 is 23.4 Å². The Kier molecular flexibility index (Phi) is 4.08. The Morgan fingerprint density at radius 2 is 1.95 bits per heavy atom. The standard InChI is InChI=1S/C13H22N4OS/c1-8-5-16(6-9(2)19-8)12(18)7-17-11(4)13(14)10(3)15-17/h8-9H,5-7,14H2,1-4H3. The molecule has 1 amide bonds. The van der Waals surface area contributed by atoms with Gasteiger partial charge in [0.15, 0.2) is 0 Å². The average molecular weight is 282 g/mol. The number of aryl methyl sites for hydroxylation is 1. The smallest absolute Gasteiger partial charge is 0.244 e. The van der Waals surface area contributed by atoms with E-state index in [1.165, 1.54) is 0 Å². The fraction of sp³-hybridized carbons (Fsp3) is 0.692. The number of hydrogen-bond acceptors (Lipinski definition) is 4. The lowest BCUT2D eigenvalue weighted by atomic mass is 10.3. The van der Waals surface area contributed by atoms with Crippen molar-refractivity contribution in [1.29, 1.82) is 0 Å². The van der Waals surface area contributed by atoms with E-state index in [2.05, 4.69) is 18.9 Å². The molecule has 1 aromatic heterocycles. The van der Waals surface area contributed by atoms with Crippen LogP contribution in [-0.4, -0.2) is 44.2 Å². The van der Waals surface area contributed by atoms with Gasteiger partial charge in [-0.3, -0.25) is 9.48 Å². The highest BCUT2D eigenvalue weighted by molar-refractivity contribution is 8.00. The Bertz CT molecular complexity index is 475. The van der Waals surface area contributed by atoms with Gasteiger partial charge in [0.05, 0.1) is 17.1 Å². The molecule has 2 N–H and O–H groups in total. The zero-order valence-electron chi connectivity index (χ0n) is 12.0. The first kappa shape index (κ1) is 14.2. The normalized spacial score (nSPS) is 23.7. The SMILES string of the molecule is Cc1nn(CC(=O)N2CC(C)SC(C)C2)c(C)c1N. The Labute approximate surface area is 118 Å². The van der Waals surface area contributed by atoms with E-state index < -0.39 is 0 Å². The van der Waals surface area contributed by atoms with Crippen LogP contribution in [0.25, 0.3) is 0 Å². The van der Waals surface area contributed by atoms with E-state index in [0.29, 0.717) is 16.2 Å². The van der Waals surface area contributed by atoms with Crippen LogP contribution in [0.1, 0.15) is 25.2 Å². The van der Waals surface area contributed by atoms with Crippen LogP contribution < -0.4 is 5.73 Å². The number of anilines is 1. The second-order valence-corrected chi connectivity index (χ2v) is 7.18. The van der Waals surface area contributed by atoms with Crippen LogP contribution in [0.4, 0.5) is 5.69 Å². The molecule has 1 aliphatic heterocycles. The van der Waals surface area contributed by atoms with Gasteiger partial charge in [-0.05, 0) is 13.8 Å². The summed E-state index contributed by atoms with van der Waals surface area (Å²) in [4.78, 5) is 14.3. The van der Waals surface area contributed by atoms with Gasteiger partial charge in [-0.2, -0.15) is 16.9 Å². The van der Waals surface area contributed by atoms with Crippen LogP contribution in [0.3, 0.4) is 0 Å². The summed E-state index contributed by atoms with van der Waals surface area (Å²) in [6.45, 7) is 10.0. The summed E-state index contributed by atoms with van der Waals surface area (Å²) in [6.07, 6.45) is 0. The molecule has 1 aliphatic rings. The predicted molar refractivity (Wildman–Crippen MR) is 79.2 cm³/mol. The van der Waals surface area contributed by atoms with Crippen molar-refractivity contribution in [1.82, 2.24) is 14.7 Å². The molecule has 2 atom stereocenters. The summed E-state index contributed by atoms with van der Waals surface area (Å²) < 4.78 is 1.71. The minimum absolute atomic E-state index is 0.129. The summed E-state index contributed by atoms with van der Waals surface area (Å²) in [5, 5.41) is 5.32. The zero-order valence-corrected chi connectivity index (χ0v) is 12.8. The third-order valence-electron chi connectivity index (χ3n) is 3.49. The summed E-state index contributed by atoms with van der Waals surface area (Å²) in [5.41, 5.74) is 8.24. The van der Waals surface area contributed by atoms with Gasteiger partial charge in [0.2, 0.25) is 5.91 Å². The molecule has 0 radical (unpaired) electrons. The first-order valence-electron chi connectivity index (χ1n) is 6.61. The molecule has 6 heteroatoms. The van der Waals surface area contributed by atoms with Gasteiger partial charge >= 0.3 is 0 Å². The zero-order chi connectivity index (χ0) is 14.2. The highest BCUT2D eigenvalue weighted by Crippen LogP contribution is 2.25. The number of nitrogens with zero attached hydrogens (tertiary/aromatic N) is 3. The van der Waals surface area contributed by atoms with Gasteiger partial charge in [-0.15, -0.1) is 0 Å². The van der Waals surface area contributed by atoms with Crippen LogP contribution >= 0.6 is 11.8 Å². The van der Waals surface area contributed by atoms with E-state index in [0.717, 1.165) is 24.5 Å². The van der Waals surface area contributed by atoms with Gasteiger partial charge in [0.1, 0.15) is 6.54 Å². The molecule has 0 bridgehead atoms. The first-order chi connectivity index (χ1) is 8.88. The van der Waals surface area contributed by atoms with E-state index in [4.69, 9.17) is 5.73 Å². The number of thioether (sulfide) groups is 1. The van der Waals surface area contributed by atoms with Gasteiger partial charge in [0, 0.05) is 23.6 Å². The monoisotopic (exact) mass is 282 g/mol. The van der Waals surface area contributed by atoms with Crippen molar-refractivity contribution in [2.45, 2.75) is 44.7 Å². The van der Waals surface area contributed by atoms with E-state index in [9.17, 15) is 4.79 Å². The molecule has 0 saturated carbocycles. The van der Waals surface area contributed by atoms with Crippen molar-refractivity contribution in [3.8, 4) is 0 Å². The number of carbonyl (C=O) groups excluding carboxylic acids is 1. The number of carbonyl (C=O) groups is 1. The molecule has 2 rings (SSSR count). The number of amides is 1. The molecule has 1 saturated heterocycles. The van der Waals surface area contributed by atoms with E-state index >= 15 is 0 Å². The number of aromatic nitrogens is 2. The Morgan fingerprint density at radius 1 is 1.37 bits per heavy atom. The van der Waals surface area contributed by atoms with Gasteiger partial charge in [0.25, 0.3) is 0 Å². The molecule has 19 heavy (non-hydrogen) atoms. The van der Waals surface area contributed by atoms with Crippen LogP contribution in [0.5, 0.6) is 0 Å². The van der Waals surface area contributed by atoms with Crippen molar-refractivity contribution < 1.29 is 4.79 Å². The van der Waals surface area contributed by atoms with E-state index in [1.54, 1.807) is 4.68 Å². The maximum atomic E-state index is 12.3. The van der Waals surface area contributed by atoms with E-state index in [-0.39, 0.29) is 12.5 Å². The van der Waals surface area contributed by atoms with Crippen molar-refractivity contribution in [3.05, 3.63) is 11.4 Å². The molecular weight excluding hydrogens is 260 g/mol. The molecule has 1 fully saturated rings. The Balaban J connectivity index is 2.06. The second-order valence-electron chi connectivity index (χ2n) is 5.30. The minimum Gasteiger partial charge on any atom is -0.396 e. The van der Waals surface area contributed by atoms with Crippen LogP contribution in [0.2, 0.25) is 0 Å². The van der Waals surface area contributed by atoms with Crippen LogP contribution in [-0.2, 0) is 11.3 Å². The number of hydrogen-bond donors (Lipinski definition) is 1. The van der Waals surface area contributed by atoms with E-state index in [1.807, 2.05) is 30.5 Å². The number of nitrogen functional groups attached to an aromatic ring is 1. The second kappa shape index (κ2) is 5.45. The maximum Gasteiger partial charge on any atom is 0.244 e. The summed E-state index contributed by atoms with van der Waals surface area (Å²) >= 11 is 1.94. The highest BCUT2D eigenvalue weighted by Gasteiger charge is 2.26. The average Bonchev–Trinajstić information content (AvgIpc) is 2.56. The molecule has 2 unspecified atom stereocenters. The van der Waals surface area contributed by atoms with Gasteiger partial charge < -0.3 is 10.6 Å². The van der Waals surface area contributed by atoms with Crippen LogP contribution in [0, 0.1) is 13.8 Å². The van der Waals surface area contributed by atoms with Crippen molar-refractivity contribution in [3.63, 3.8) is 0 Å². The molecule has 2 heterocycles. The maximum absolute atomic E-state index is 12.3. The lowest BCUT2D eigenvalue weighted by Crippen LogP contribution is -2.45. The topological polar surface area (TPSA) is 64.2 Å². The third-order valence-corrected chi connectivity index (χ3v) is 4.72. The largest absolute Gasteiger partial charge is 0.396 e. The lowest BCUT2D eigenvalue weighted by molar-refractivity contribution is -0.132. The predicted octanol–water partition coefficient (Wildman–Crippen LogP) is 1.43. The Hall–Kier alpha value is -1.17. The number of rotatable bonds is 2. The van der Waals surface area contributed by atoms with Gasteiger partial charge in [-0.25, -0.2) is 0 Å². The third kappa shape index (κ3) is 3.05. The molecular formula is C13H22N4OS. The highest BCUT2D eigenvalue weighted by atomic mass is 32.2. The van der Waals surface area contributed by atoms with Crippen molar-refractivity contribution in [2.75, 3.05) is 18.8 Å². The fourth-order valence-corrected chi connectivity index (χ4v) is 3.80. The summed E-state index contributed by atoms with van der Waals surface area (Å²) in [7, 11) is 0. The quantitative estimate of drug-likeness (QED) is 0.891. The van der Waals surface area contributed by atoms with Crippen LogP contribution in [0.15, 0.2) is 0 Å². The molecule has 106 valence electrons. The first-order valence-corrected chi connectivity index (χ1v) is 7.55. The summed E-state index contributed by atoms with van der Waals surface area (Å²) in [5.74, 6) is 0.129. The molecule has 0 spiro atoms. The fourth-order valence-electron chi connectivity index (χ4n) is 2.47. The number of nitrogens with two attached hydrogens (primary N) is 1. The summed E-state index contributed by atoms with van der Waals surface area (Å²) in [6, 6.07) is 0. The Morgan fingerprint density at radius 3 is 2.42 bits per heavy atom. The lowest BCUT2D eigenvalue weighted by Gasteiger charge is -2.34.